The van der Waals surface area contributed by atoms with Gasteiger partial charge in [-0.25, -0.2) is 4.39 Å². The number of nitrogens with one attached hydrogen (secondary N) is 1. The number of benzene rings is 2. The van der Waals surface area contributed by atoms with E-state index in [1.165, 1.54) is 49.3 Å². The summed E-state index contributed by atoms with van der Waals surface area (Å²) < 4.78 is 24.3. The summed E-state index contributed by atoms with van der Waals surface area (Å²) in [5.74, 6) is -3.24. The van der Waals surface area contributed by atoms with Crippen LogP contribution in [0.3, 0.4) is 0 Å². The van der Waals surface area contributed by atoms with Gasteiger partial charge < -0.3 is 19.7 Å². The lowest BCUT2D eigenvalue weighted by Crippen LogP contribution is -2.33. The van der Waals surface area contributed by atoms with Crippen LogP contribution in [0.2, 0.25) is 0 Å². The van der Waals surface area contributed by atoms with Crippen LogP contribution < -0.4 is 15.0 Å². The number of para-hydroxylation sites is 1. The fraction of sp³-hybridized carbons (Fsp3) is 0.286. The summed E-state index contributed by atoms with van der Waals surface area (Å²) in [5, 5.41) is 13.4. The molecule has 2 amide bonds. The third kappa shape index (κ3) is 4.82. The summed E-state index contributed by atoms with van der Waals surface area (Å²) >= 11 is 0. The van der Waals surface area contributed by atoms with Gasteiger partial charge in [0.2, 0.25) is 5.91 Å². The van der Waals surface area contributed by atoms with Crippen LogP contribution >= 0.6 is 0 Å². The Balaban J connectivity index is 1.64. The molecule has 1 aliphatic heterocycles. The predicted octanol–water partition coefficient (Wildman–Crippen LogP) is 2.67. The van der Waals surface area contributed by atoms with E-state index in [0.717, 1.165) is 6.07 Å². The number of nitrogens with zero attached hydrogens (tertiary/aromatic N) is 2. The van der Waals surface area contributed by atoms with Crippen LogP contribution in [0.4, 0.5) is 21.5 Å². The Hall–Kier alpha value is -4.02. The lowest BCUT2D eigenvalue weighted by Gasteiger charge is -2.18. The Morgan fingerprint density at radius 2 is 2.00 bits per heavy atom. The second-order valence-corrected chi connectivity index (χ2v) is 7.07. The molecule has 32 heavy (non-hydrogen) atoms. The molecule has 2 atom stereocenters. The first-order valence-electron chi connectivity index (χ1n) is 9.60. The van der Waals surface area contributed by atoms with Crippen molar-refractivity contribution >= 4 is 34.8 Å². The zero-order chi connectivity index (χ0) is 23.4. The second-order valence-electron chi connectivity index (χ2n) is 7.07. The Bertz CT molecular complexity index is 1080. The summed E-state index contributed by atoms with van der Waals surface area (Å²) in [4.78, 5) is 48.7. The molecule has 2 aromatic carbocycles. The van der Waals surface area contributed by atoms with Crippen LogP contribution in [0.1, 0.15) is 13.3 Å². The number of halogens is 1. The molecule has 0 saturated carbocycles. The van der Waals surface area contributed by atoms with Crippen molar-refractivity contribution in [2.24, 2.45) is 5.92 Å². The SMILES string of the molecule is COc1ccc([N+](=O)[O-])cc1NC(=O)[C@@H](C)OC(=O)[C@H]1CC(=O)N(c2ccccc2F)C1. The van der Waals surface area contributed by atoms with Crippen LogP contribution in [-0.4, -0.2) is 42.5 Å². The van der Waals surface area contributed by atoms with Crippen molar-refractivity contribution in [1.29, 1.82) is 0 Å². The maximum absolute atomic E-state index is 14.0. The number of carbonyl (C=O) groups is 3. The molecule has 1 fully saturated rings. The molecule has 1 heterocycles. The number of ether oxygens (including phenoxy) is 2. The zero-order valence-corrected chi connectivity index (χ0v) is 17.2. The first-order valence-corrected chi connectivity index (χ1v) is 9.60. The van der Waals surface area contributed by atoms with Crippen molar-refractivity contribution in [3.8, 4) is 5.75 Å². The summed E-state index contributed by atoms with van der Waals surface area (Å²) in [5.41, 5.74) is -0.156. The van der Waals surface area contributed by atoms with Gasteiger partial charge in [-0.15, -0.1) is 0 Å². The van der Waals surface area contributed by atoms with Crippen LogP contribution in [0.5, 0.6) is 5.75 Å². The minimum atomic E-state index is -1.26. The highest BCUT2D eigenvalue weighted by Crippen LogP contribution is 2.30. The lowest BCUT2D eigenvalue weighted by molar-refractivity contribution is -0.384. The van der Waals surface area contributed by atoms with Gasteiger partial charge in [0.25, 0.3) is 11.6 Å². The molecular formula is C21H20FN3O7. The lowest BCUT2D eigenvalue weighted by atomic mass is 10.1. The Morgan fingerprint density at radius 1 is 1.28 bits per heavy atom. The number of carbonyl (C=O) groups excluding carboxylic acids is 3. The highest BCUT2D eigenvalue weighted by atomic mass is 19.1. The predicted molar refractivity (Wildman–Crippen MR) is 111 cm³/mol. The largest absolute Gasteiger partial charge is 0.495 e. The van der Waals surface area contributed by atoms with Crippen molar-refractivity contribution in [3.63, 3.8) is 0 Å². The molecule has 0 unspecified atom stereocenters. The van der Waals surface area contributed by atoms with E-state index in [1.54, 1.807) is 6.07 Å². The van der Waals surface area contributed by atoms with Gasteiger partial charge in [-0.05, 0) is 25.1 Å². The third-order valence-corrected chi connectivity index (χ3v) is 4.92. The minimum absolute atomic E-state index is 0.0383. The van der Waals surface area contributed by atoms with E-state index in [4.69, 9.17) is 9.47 Å². The van der Waals surface area contributed by atoms with Gasteiger partial charge in [0.1, 0.15) is 11.6 Å². The fourth-order valence-electron chi connectivity index (χ4n) is 3.23. The van der Waals surface area contributed by atoms with Gasteiger partial charge in [-0.3, -0.25) is 24.5 Å². The van der Waals surface area contributed by atoms with Gasteiger partial charge in [-0.2, -0.15) is 0 Å². The number of esters is 1. The third-order valence-electron chi connectivity index (χ3n) is 4.92. The number of hydrogen-bond donors (Lipinski definition) is 1. The maximum Gasteiger partial charge on any atom is 0.312 e. The molecule has 1 N–H and O–H groups in total. The van der Waals surface area contributed by atoms with E-state index < -0.39 is 40.5 Å². The topological polar surface area (TPSA) is 128 Å². The second kappa shape index (κ2) is 9.41. The van der Waals surface area contributed by atoms with E-state index in [0.29, 0.717) is 0 Å². The standard InChI is InChI=1S/C21H20FN3O7/c1-12(20(27)23-16-10-14(25(29)30)7-8-18(16)31-2)32-21(28)13-9-19(26)24(11-13)17-6-4-3-5-15(17)22/h3-8,10,12-13H,9,11H2,1-2H3,(H,23,27)/t12-,13+/m1/s1. The van der Waals surface area contributed by atoms with Crippen LogP contribution in [0.25, 0.3) is 0 Å². The molecule has 0 bridgehead atoms. The summed E-state index contributed by atoms with van der Waals surface area (Å²) in [6.45, 7) is 1.24. The van der Waals surface area contributed by atoms with Gasteiger partial charge >= 0.3 is 5.97 Å². The molecular weight excluding hydrogens is 425 g/mol. The molecule has 0 spiro atoms. The van der Waals surface area contributed by atoms with E-state index in [2.05, 4.69) is 5.32 Å². The number of nitro groups is 1. The molecule has 3 rings (SSSR count). The highest BCUT2D eigenvalue weighted by molar-refractivity contribution is 6.00. The van der Waals surface area contributed by atoms with E-state index in [9.17, 15) is 28.9 Å². The smallest absolute Gasteiger partial charge is 0.312 e. The Morgan fingerprint density at radius 3 is 2.66 bits per heavy atom. The monoisotopic (exact) mass is 445 g/mol. The van der Waals surface area contributed by atoms with Crippen LogP contribution in [0, 0.1) is 21.8 Å². The minimum Gasteiger partial charge on any atom is -0.495 e. The maximum atomic E-state index is 14.0. The summed E-state index contributed by atoms with van der Waals surface area (Å²) in [6.07, 6.45) is -1.44. The van der Waals surface area contributed by atoms with Gasteiger partial charge in [0.15, 0.2) is 6.10 Å². The molecule has 1 saturated heterocycles. The van der Waals surface area contributed by atoms with Crippen molar-refractivity contribution in [2.45, 2.75) is 19.4 Å². The average molecular weight is 445 g/mol. The molecule has 0 radical (unpaired) electrons. The number of nitro benzene ring substituents is 1. The average Bonchev–Trinajstić information content (AvgIpc) is 3.15. The fourth-order valence-corrected chi connectivity index (χ4v) is 3.23. The molecule has 168 valence electrons. The van der Waals surface area contributed by atoms with Crippen LogP contribution in [0.15, 0.2) is 42.5 Å². The first kappa shape index (κ1) is 22.7. The molecule has 10 nitrogen and oxygen atoms in total. The quantitative estimate of drug-likeness (QED) is 0.394. The summed E-state index contributed by atoms with van der Waals surface area (Å²) in [7, 11) is 1.33. The van der Waals surface area contributed by atoms with E-state index in [1.807, 2.05) is 0 Å². The van der Waals surface area contributed by atoms with Crippen LogP contribution in [-0.2, 0) is 19.1 Å². The first-order chi connectivity index (χ1) is 15.2. The molecule has 2 aromatic rings. The highest BCUT2D eigenvalue weighted by Gasteiger charge is 2.38. The van der Waals surface area contributed by atoms with Gasteiger partial charge in [-0.1, -0.05) is 12.1 Å². The van der Waals surface area contributed by atoms with Crippen molar-refractivity contribution in [1.82, 2.24) is 0 Å². The summed E-state index contributed by atoms with van der Waals surface area (Å²) in [6, 6.07) is 9.37. The molecule has 1 aliphatic rings. The zero-order valence-electron chi connectivity index (χ0n) is 17.2. The Kier molecular flexibility index (Phi) is 6.67. The number of methoxy groups -OCH3 is 1. The van der Waals surface area contributed by atoms with Crippen molar-refractivity contribution < 1.29 is 33.2 Å². The van der Waals surface area contributed by atoms with Gasteiger partial charge in [0.05, 0.1) is 29.3 Å². The molecule has 11 heteroatoms. The number of anilines is 2. The van der Waals surface area contributed by atoms with E-state index in [-0.39, 0.29) is 35.8 Å². The van der Waals surface area contributed by atoms with Gasteiger partial charge in [0, 0.05) is 25.1 Å². The van der Waals surface area contributed by atoms with Crippen molar-refractivity contribution in [3.05, 3.63) is 58.4 Å². The molecule has 0 aliphatic carbocycles. The number of non-ortho nitro benzene ring substituents is 1. The number of hydrogen-bond acceptors (Lipinski definition) is 7. The molecule has 0 aromatic heterocycles. The van der Waals surface area contributed by atoms with E-state index >= 15 is 0 Å². The normalized spacial score (nSPS) is 16.4. The Labute approximate surface area is 182 Å². The van der Waals surface area contributed by atoms with Crippen molar-refractivity contribution in [2.75, 3.05) is 23.9 Å². The number of rotatable bonds is 7. The number of amides is 2.